The Hall–Kier alpha value is -2.34. The molecule has 2 amide bonds. The number of hydrogen-bond acceptors (Lipinski definition) is 4. The molecule has 5 nitrogen and oxygen atoms in total. The van der Waals surface area contributed by atoms with Crippen LogP contribution in [-0.2, 0) is 16.1 Å². The molecule has 0 atom stereocenters. The standard InChI is InChI=1S/C15H16N2O3S/c1-11(18)17-13-6-2-3-7-14(13)20-10-15(19)16-9-12-5-4-8-21-12/h2-8H,9-10H2,1H3,(H,16,19)(H,17,18). The molecule has 6 heteroatoms. The van der Waals surface area contributed by atoms with E-state index in [4.69, 9.17) is 4.74 Å². The highest BCUT2D eigenvalue weighted by molar-refractivity contribution is 7.09. The molecule has 0 aliphatic rings. The minimum Gasteiger partial charge on any atom is -0.482 e. The molecule has 0 aliphatic carbocycles. The molecule has 0 saturated heterocycles. The fourth-order valence-electron chi connectivity index (χ4n) is 1.68. The highest BCUT2D eigenvalue weighted by atomic mass is 32.1. The van der Waals surface area contributed by atoms with Crippen LogP contribution in [0.5, 0.6) is 5.75 Å². The first kappa shape index (κ1) is 15.1. The van der Waals surface area contributed by atoms with Crippen molar-refractivity contribution in [1.29, 1.82) is 0 Å². The summed E-state index contributed by atoms with van der Waals surface area (Å²) in [4.78, 5) is 23.9. The van der Waals surface area contributed by atoms with Crippen molar-refractivity contribution < 1.29 is 14.3 Å². The lowest BCUT2D eigenvalue weighted by atomic mass is 10.3. The van der Waals surface area contributed by atoms with Crippen LogP contribution >= 0.6 is 11.3 Å². The fraction of sp³-hybridized carbons (Fsp3) is 0.200. The molecule has 0 unspecified atom stereocenters. The number of rotatable bonds is 6. The molecular formula is C15H16N2O3S. The molecule has 0 aliphatic heterocycles. The van der Waals surface area contributed by atoms with E-state index in [1.807, 2.05) is 17.5 Å². The summed E-state index contributed by atoms with van der Waals surface area (Å²) in [6, 6.07) is 10.9. The van der Waals surface area contributed by atoms with Crippen LogP contribution in [0.1, 0.15) is 11.8 Å². The van der Waals surface area contributed by atoms with Crippen LogP contribution in [-0.4, -0.2) is 18.4 Å². The van der Waals surface area contributed by atoms with Crippen molar-refractivity contribution in [3.63, 3.8) is 0 Å². The monoisotopic (exact) mass is 304 g/mol. The van der Waals surface area contributed by atoms with E-state index in [0.717, 1.165) is 4.88 Å². The topological polar surface area (TPSA) is 67.4 Å². The Kier molecular flexibility index (Phi) is 5.34. The van der Waals surface area contributed by atoms with Gasteiger partial charge < -0.3 is 15.4 Å². The van der Waals surface area contributed by atoms with Gasteiger partial charge in [-0.05, 0) is 23.6 Å². The SMILES string of the molecule is CC(=O)Nc1ccccc1OCC(=O)NCc1cccs1. The first-order chi connectivity index (χ1) is 10.1. The zero-order valence-corrected chi connectivity index (χ0v) is 12.4. The Labute approximate surface area is 126 Å². The van der Waals surface area contributed by atoms with Gasteiger partial charge in [-0.3, -0.25) is 9.59 Å². The van der Waals surface area contributed by atoms with Gasteiger partial charge in [0.1, 0.15) is 5.75 Å². The zero-order chi connectivity index (χ0) is 15.1. The van der Waals surface area contributed by atoms with Crippen LogP contribution < -0.4 is 15.4 Å². The van der Waals surface area contributed by atoms with Crippen LogP contribution in [0.15, 0.2) is 41.8 Å². The van der Waals surface area contributed by atoms with Crippen molar-refractivity contribution in [3.8, 4) is 5.75 Å². The van der Waals surface area contributed by atoms with E-state index in [1.165, 1.54) is 6.92 Å². The minimum absolute atomic E-state index is 0.0953. The van der Waals surface area contributed by atoms with Gasteiger partial charge in [0.25, 0.3) is 5.91 Å². The summed E-state index contributed by atoms with van der Waals surface area (Å²) in [5, 5.41) is 7.39. The Morgan fingerprint density at radius 2 is 2.00 bits per heavy atom. The Bertz CT molecular complexity index is 611. The third-order valence-electron chi connectivity index (χ3n) is 2.60. The van der Waals surface area contributed by atoms with Crippen molar-refractivity contribution in [2.45, 2.75) is 13.5 Å². The van der Waals surface area contributed by atoms with Gasteiger partial charge in [0.05, 0.1) is 12.2 Å². The normalized spacial score (nSPS) is 9.95. The summed E-state index contributed by atoms with van der Waals surface area (Å²) in [6.07, 6.45) is 0. The van der Waals surface area contributed by atoms with E-state index < -0.39 is 0 Å². The summed E-state index contributed by atoms with van der Waals surface area (Å²) in [5.41, 5.74) is 0.552. The van der Waals surface area contributed by atoms with Crippen LogP contribution in [0.3, 0.4) is 0 Å². The van der Waals surface area contributed by atoms with Crippen LogP contribution in [0.25, 0.3) is 0 Å². The number of benzene rings is 1. The number of carbonyl (C=O) groups is 2. The van der Waals surface area contributed by atoms with Crippen molar-refractivity contribution in [2.24, 2.45) is 0 Å². The first-order valence-corrected chi connectivity index (χ1v) is 7.31. The maximum atomic E-state index is 11.7. The Morgan fingerprint density at radius 3 is 2.71 bits per heavy atom. The Morgan fingerprint density at radius 1 is 1.19 bits per heavy atom. The summed E-state index contributed by atoms with van der Waals surface area (Å²) < 4.78 is 5.45. The van der Waals surface area contributed by atoms with Gasteiger partial charge in [0.2, 0.25) is 5.91 Å². The van der Waals surface area contributed by atoms with Crippen molar-refractivity contribution in [1.82, 2.24) is 5.32 Å². The van der Waals surface area contributed by atoms with Gasteiger partial charge in [-0.1, -0.05) is 18.2 Å². The third kappa shape index (κ3) is 4.92. The number of anilines is 1. The summed E-state index contributed by atoms with van der Waals surface area (Å²) in [6.45, 7) is 1.82. The number of amides is 2. The zero-order valence-electron chi connectivity index (χ0n) is 11.6. The minimum atomic E-state index is -0.207. The van der Waals surface area contributed by atoms with Gasteiger partial charge in [-0.25, -0.2) is 0 Å². The van der Waals surface area contributed by atoms with Crippen molar-refractivity contribution in [3.05, 3.63) is 46.7 Å². The number of nitrogens with one attached hydrogen (secondary N) is 2. The predicted octanol–water partition coefficient (Wildman–Crippen LogP) is 2.40. The molecule has 110 valence electrons. The van der Waals surface area contributed by atoms with E-state index in [0.29, 0.717) is 18.0 Å². The quantitative estimate of drug-likeness (QED) is 0.861. The molecule has 0 saturated carbocycles. The number of ether oxygens (including phenoxy) is 1. The number of hydrogen-bond donors (Lipinski definition) is 2. The Balaban J connectivity index is 1.84. The number of carbonyl (C=O) groups excluding carboxylic acids is 2. The van der Waals surface area contributed by atoms with E-state index in [9.17, 15) is 9.59 Å². The van der Waals surface area contributed by atoms with Gasteiger partial charge in [-0.15, -0.1) is 11.3 Å². The lowest BCUT2D eigenvalue weighted by Crippen LogP contribution is -2.28. The summed E-state index contributed by atoms with van der Waals surface area (Å²) in [7, 11) is 0. The molecule has 2 rings (SSSR count). The number of thiophene rings is 1. The second kappa shape index (κ2) is 7.44. The van der Waals surface area contributed by atoms with E-state index in [-0.39, 0.29) is 18.4 Å². The second-order valence-corrected chi connectivity index (χ2v) is 5.35. The summed E-state index contributed by atoms with van der Waals surface area (Å²) >= 11 is 1.59. The summed E-state index contributed by atoms with van der Waals surface area (Å²) in [5.74, 6) is 0.0770. The molecule has 0 bridgehead atoms. The van der Waals surface area contributed by atoms with Crippen molar-refractivity contribution >= 4 is 28.8 Å². The second-order valence-electron chi connectivity index (χ2n) is 4.32. The molecule has 0 spiro atoms. The maximum Gasteiger partial charge on any atom is 0.258 e. The number of para-hydroxylation sites is 2. The molecule has 2 aromatic rings. The highest BCUT2D eigenvalue weighted by Crippen LogP contribution is 2.23. The smallest absolute Gasteiger partial charge is 0.258 e. The molecule has 1 aromatic carbocycles. The molecule has 0 radical (unpaired) electrons. The molecule has 1 aromatic heterocycles. The van der Waals surface area contributed by atoms with E-state index in [2.05, 4.69) is 10.6 Å². The molecule has 2 N–H and O–H groups in total. The predicted molar refractivity (Wildman–Crippen MR) is 82.4 cm³/mol. The van der Waals surface area contributed by atoms with Gasteiger partial charge in [-0.2, -0.15) is 0 Å². The van der Waals surface area contributed by atoms with Gasteiger partial charge >= 0.3 is 0 Å². The van der Waals surface area contributed by atoms with E-state index in [1.54, 1.807) is 35.6 Å². The molecule has 21 heavy (non-hydrogen) atoms. The molecule has 1 heterocycles. The average Bonchev–Trinajstić information content (AvgIpc) is 2.97. The van der Waals surface area contributed by atoms with Crippen LogP contribution in [0, 0.1) is 0 Å². The van der Waals surface area contributed by atoms with Crippen LogP contribution in [0.4, 0.5) is 5.69 Å². The molecular weight excluding hydrogens is 288 g/mol. The molecule has 0 fully saturated rings. The fourth-order valence-corrected chi connectivity index (χ4v) is 2.32. The third-order valence-corrected chi connectivity index (χ3v) is 3.47. The van der Waals surface area contributed by atoms with Gasteiger partial charge in [0, 0.05) is 11.8 Å². The largest absolute Gasteiger partial charge is 0.482 e. The highest BCUT2D eigenvalue weighted by Gasteiger charge is 2.07. The average molecular weight is 304 g/mol. The lowest BCUT2D eigenvalue weighted by Gasteiger charge is -2.11. The maximum absolute atomic E-state index is 11.7. The van der Waals surface area contributed by atoms with Crippen molar-refractivity contribution in [2.75, 3.05) is 11.9 Å². The first-order valence-electron chi connectivity index (χ1n) is 6.43. The lowest BCUT2D eigenvalue weighted by molar-refractivity contribution is -0.123. The van der Waals surface area contributed by atoms with Crippen LogP contribution in [0.2, 0.25) is 0 Å². The van der Waals surface area contributed by atoms with Gasteiger partial charge in [0.15, 0.2) is 6.61 Å². The van der Waals surface area contributed by atoms with E-state index >= 15 is 0 Å².